The molecule has 5 nitrogen and oxygen atoms in total. The van der Waals surface area contributed by atoms with Gasteiger partial charge in [0.15, 0.2) is 0 Å². The van der Waals surface area contributed by atoms with E-state index in [1.54, 1.807) is 11.1 Å². The number of nitrogens with one attached hydrogen (secondary N) is 1. The Morgan fingerprint density at radius 2 is 1.79 bits per heavy atom. The van der Waals surface area contributed by atoms with Gasteiger partial charge in [-0.05, 0) is 35.2 Å². The van der Waals surface area contributed by atoms with Crippen LogP contribution in [0.3, 0.4) is 0 Å². The maximum Gasteiger partial charge on any atom is 0.229 e. The van der Waals surface area contributed by atoms with Crippen molar-refractivity contribution in [2.24, 2.45) is 5.92 Å². The molecule has 2 heterocycles. The van der Waals surface area contributed by atoms with E-state index in [0.717, 1.165) is 16.6 Å². The maximum atomic E-state index is 12.8. The summed E-state index contributed by atoms with van der Waals surface area (Å²) in [6.45, 7) is 6.86. The van der Waals surface area contributed by atoms with Gasteiger partial charge in [-0.15, -0.1) is 0 Å². The summed E-state index contributed by atoms with van der Waals surface area (Å²) in [5.41, 5.74) is 3.54. The summed E-state index contributed by atoms with van der Waals surface area (Å²) in [7, 11) is 0. The number of nitrogens with zero attached hydrogens (tertiary/aromatic N) is 2. The van der Waals surface area contributed by atoms with E-state index in [1.165, 1.54) is 5.56 Å². The van der Waals surface area contributed by atoms with Gasteiger partial charge in [0, 0.05) is 30.2 Å². The van der Waals surface area contributed by atoms with Gasteiger partial charge in [0.1, 0.15) is 0 Å². The van der Waals surface area contributed by atoms with Crippen molar-refractivity contribution < 1.29 is 9.59 Å². The normalized spacial score (nSPS) is 17.0. The number of aromatic nitrogens is 1. The lowest BCUT2D eigenvalue weighted by molar-refractivity contribution is -0.122. The van der Waals surface area contributed by atoms with Crippen LogP contribution in [0.15, 0.2) is 60.8 Å². The fraction of sp³-hybridized carbons (Fsp3) is 0.292. The maximum absolute atomic E-state index is 12.8. The zero-order valence-electron chi connectivity index (χ0n) is 17.0. The highest BCUT2D eigenvalue weighted by Gasteiger charge is 2.35. The molecule has 4 rings (SSSR count). The largest absolute Gasteiger partial charge is 0.324 e. The van der Waals surface area contributed by atoms with E-state index in [9.17, 15) is 9.59 Å². The van der Waals surface area contributed by atoms with E-state index in [2.05, 4.69) is 43.2 Å². The predicted molar refractivity (Wildman–Crippen MR) is 116 cm³/mol. The molecule has 1 aliphatic heterocycles. The number of carbonyl (C=O) groups excluding carboxylic acids is 2. The van der Waals surface area contributed by atoms with E-state index >= 15 is 0 Å². The number of fused-ring (bicyclic) bond motifs is 1. The summed E-state index contributed by atoms with van der Waals surface area (Å²) in [5, 5.41) is 3.93. The average molecular weight is 387 g/mol. The minimum atomic E-state index is -0.385. The molecule has 1 aliphatic rings. The number of pyridine rings is 1. The number of benzene rings is 2. The summed E-state index contributed by atoms with van der Waals surface area (Å²) in [6, 6.07) is 17.6. The number of hydrogen-bond acceptors (Lipinski definition) is 3. The summed E-state index contributed by atoms with van der Waals surface area (Å²) >= 11 is 0. The smallest absolute Gasteiger partial charge is 0.229 e. The third-order valence-electron chi connectivity index (χ3n) is 5.43. The summed E-state index contributed by atoms with van der Waals surface area (Å²) in [6.07, 6.45) is 1.92. The monoisotopic (exact) mass is 387 g/mol. The molecule has 0 bridgehead atoms. The molecule has 0 saturated carbocycles. The molecule has 1 unspecified atom stereocenters. The highest BCUT2D eigenvalue weighted by Crippen LogP contribution is 2.30. The summed E-state index contributed by atoms with van der Waals surface area (Å²) in [4.78, 5) is 31.5. The third kappa shape index (κ3) is 3.86. The zero-order valence-corrected chi connectivity index (χ0v) is 17.0. The van der Waals surface area contributed by atoms with Crippen LogP contribution >= 0.6 is 0 Å². The highest BCUT2D eigenvalue weighted by atomic mass is 16.2. The molecule has 1 aromatic heterocycles. The number of anilines is 2. The molecule has 1 atom stereocenters. The third-order valence-corrected chi connectivity index (χ3v) is 5.43. The molecule has 2 amide bonds. The van der Waals surface area contributed by atoms with E-state index < -0.39 is 0 Å². The van der Waals surface area contributed by atoms with Gasteiger partial charge in [0.25, 0.3) is 0 Å². The molecule has 29 heavy (non-hydrogen) atoms. The first kappa shape index (κ1) is 19.1. The van der Waals surface area contributed by atoms with Crippen LogP contribution in [0.5, 0.6) is 0 Å². The number of hydrogen-bond donors (Lipinski definition) is 1. The van der Waals surface area contributed by atoms with Crippen LogP contribution in [0.25, 0.3) is 10.9 Å². The lowest BCUT2D eigenvalue weighted by Crippen LogP contribution is -2.28. The fourth-order valence-corrected chi connectivity index (χ4v) is 3.71. The Kier molecular flexibility index (Phi) is 4.82. The Morgan fingerprint density at radius 1 is 1.07 bits per heavy atom. The first-order chi connectivity index (χ1) is 13.8. The van der Waals surface area contributed by atoms with Gasteiger partial charge >= 0.3 is 0 Å². The first-order valence-electron chi connectivity index (χ1n) is 9.88. The van der Waals surface area contributed by atoms with E-state index in [-0.39, 0.29) is 29.6 Å². The van der Waals surface area contributed by atoms with Gasteiger partial charge in [-0.1, -0.05) is 51.1 Å². The van der Waals surface area contributed by atoms with Crippen molar-refractivity contribution in [3.05, 3.63) is 66.4 Å². The van der Waals surface area contributed by atoms with Gasteiger partial charge in [0.2, 0.25) is 11.8 Å². The molecular weight excluding hydrogens is 362 g/mol. The standard InChI is InChI=1S/C24H25N3O2/c1-24(2,3)18-9-11-19(12-10-18)27-15-17(14-21(27)28)23(29)26-20-8-4-6-16-7-5-13-25-22(16)20/h4-13,17H,14-15H2,1-3H3,(H,26,29). The van der Waals surface area contributed by atoms with Crippen LogP contribution in [0.2, 0.25) is 0 Å². The van der Waals surface area contributed by atoms with E-state index in [4.69, 9.17) is 0 Å². The Hall–Kier alpha value is -3.21. The molecular formula is C24H25N3O2. The Bertz CT molecular complexity index is 1060. The second-order valence-corrected chi connectivity index (χ2v) is 8.57. The van der Waals surface area contributed by atoms with Crippen molar-refractivity contribution in [2.45, 2.75) is 32.6 Å². The second-order valence-electron chi connectivity index (χ2n) is 8.57. The number of rotatable bonds is 3. The lowest BCUT2D eigenvalue weighted by atomic mass is 9.87. The van der Waals surface area contributed by atoms with Crippen LogP contribution in [0, 0.1) is 5.92 Å². The van der Waals surface area contributed by atoms with Crippen LogP contribution in [0.1, 0.15) is 32.8 Å². The Morgan fingerprint density at radius 3 is 2.52 bits per heavy atom. The van der Waals surface area contributed by atoms with Crippen molar-refractivity contribution in [1.82, 2.24) is 4.98 Å². The van der Waals surface area contributed by atoms with Gasteiger partial charge in [-0.3, -0.25) is 14.6 Å². The Balaban J connectivity index is 1.49. The van der Waals surface area contributed by atoms with Crippen molar-refractivity contribution in [2.75, 3.05) is 16.8 Å². The van der Waals surface area contributed by atoms with Crippen molar-refractivity contribution in [3.63, 3.8) is 0 Å². The van der Waals surface area contributed by atoms with E-state index in [1.807, 2.05) is 42.5 Å². The van der Waals surface area contributed by atoms with Crippen LogP contribution in [-0.4, -0.2) is 23.3 Å². The predicted octanol–water partition coefficient (Wildman–Crippen LogP) is 4.52. The topological polar surface area (TPSA) is 62.3 Å². The van der Waals surface area contributed by atoms with Gasteiger partial charge in [-0.25, -0.2) is 0 Å². The quantitative estimate of drug-likeness (QED) is 0.718. The number of amides is 2. The first-order valence-corrected chi connectivity index (χ1v) is 9.88. The highest BCUT2D eigenvalue weighted by molar-refractivity contribution is 6.06. The van der Waals surface area contributed by atoms with Crippen molar-refractivity contribution >= 4 is 34.1 Å². The van der Waals surface area contributed by atoms with Gasteiger partial charge in [-0.2, -0.15) is 0 Å². The van der Waals surface area contributed by atoms with Gasteiger partial charge < -0.3 is 10.2 Å². The Labute approximate surface area is 170 Å². The van der Waals surface area contributed by atoms with Gasteiger partial charge in [0.05, 0.1) is 17.1 Å². The minimum Gasteiger partial charge on any atom is -0.324 e. The van der Waals surface area contributed by atoms with Crippen LogP contribution < -0.4 is 10.2 Å². The van der Waals surface area contributed by atoms with Crippen molar-refractivity contribution in [3.8, 4) is 0 Å². The minimum absolute atomic E-state index is 0.0234. The number of carbonyl (C=O) groups is 2. The molecule has 0 aliphatic carbocycles. The van der Waals surface area contributed by atoms with Crippen molar-refractivity contribution in [1.29, 1.82) is 0 Å². The van der Waals surface area contributed by atoms with Crippen LogP contribution in [-0.2, 0) is 15.0 Å². The lowest BCUT2D eigenvalue weighted by Gasteiger charge is -2.21. The fourth-order valence-electron chi connectivity index (χ4n) is 3.71. The number of para-hydroxylation sites is 1. The zero-order chi connectivity index (χ0) is 20.6. The molecule has 1 fully saturated rings. The molecule has 0 radical (unpaired) electrons. The molecule has 1 N–H and O–H groups in total. The van der Waals surface area contributed by atoms with E-state index in [0.29, 0.717) is 12.2 Å². The molecule has 148 valence electrons. The summed E-state index contributed by atoms with van der Waals surface area (Å²) in [5.74, 6) is -0.557. The SMILES string of the molecule is CC(C)(C)c1ccc(N2CC(C(=O)Nc3cccc4cccnc34)CC2=O)cc1. The van der Waals surface area contributed by atoms with Crippen LogP contribution in [0.4, 0.5) is 11.4 Å². The average Bonchev–Trinajstić information content (AvgIpc) is 3.09. The summed E-state index contributed by atoms with van der Waals surface area (Å²) < 4.78 is 0. The molecule has 5 heteroatoms. The molecule has 2 aromatic carbocycles. The molecule has 1 saturated heterocycles. The molecule has 3 aromatic rings. The second kappa shape index (κ2) is 7.32. The molecule has 0 spiro atoms.